The number of nitrogens with one attached hydrogen (secondary N) is 2. The molecule has 0 saturated heterocycles. The Bertz CT molecular complexity index is 219. The second-order valence-electron chi connectivity index (χ2n) is 4.48. The van der Waals surface area contributed by atoms with Gasteiger partial charge >= 0.3 is 0 Å². The summed E-state index contributed by atoms with van der Waals surface area (Å²) in [4.78, 5) is 11.4. The van der Waals surface area contributed by atoms with Crippen molar-refractivity contribution in [1.29, 1.82) is 0 Å². The highest BCUT2D eigenvalue weighted by Gasteiger charge is 2.00. The average molecular weight is 306 g/mol. The number of carbonyl (C=O) groups is 1. The third-order valence-corrected chi connectivity index (χ3v) is 3.18. The molecule has 0 bridgehead atoms. The van der Waals surface area contributed by atoms with Crippen molar-refractivity contribution in [1.82, 2.24) is 10.0 Å². The van der Waals surface area contributed by atoms with Gasteiger partial charge in [0.1, 0.15) is 0 Å². The van der Waals surface area contributed by atoms with Gasteiger partial charge in [0, 0.05) is 19.5 Å². The van der Waals surface area contributed by atoms with E-state index >= 15 is 0 Å². The standard InChI is InChI=1S/C14H30N2O3S/c1-3-4-5-6-8-15-14(17)7-10-18-12-13-19-11-9-16-20-2/h16H,3-13H2,1-2H3,(H,15,17). The number of hydrogen-bond acceptors (Lipinski definition) is 5. The van der Waals surface area contributed by atoms with Gasteiger partial charge in [0.05, 0.1) is 26.4 Å². The molecule has 20 heavy (non-hydrogen) atoms. The molecule has 0 radical (unpaired) electrons. The first-order valence-corrected chi connectivity index (χ1v) is 8.71. The molecule has 0 aromatic rings. The molecule has 0 saturated carbocycles. The number of amides is 1. The van der Waals surface area contributed by atoms with Gasteiger partial charge in [0.25, 0.3) is 0 Å². The first kappa shape index (κ1) is 19.7. The minimum Gasteiger partial charge on any atom is -0.379 e. The summed E-state index contributed by atoms with van der Waals surface area (Å²) in [5.41, 5.74) is 0. The second kappa shape index (κ2) is 16.8. The Morgan fingerprint density at radius 1 is 1.00 bits per heavy atom. The first-order chi connectivity index (χ1) is 9.81. The van der Waals surface area contributed by atoms with Crippen LogP contribution in [0.2, 0.25) is 0 Å². The fourth-order valence-corrected chi connectivity index (χ4v) is 1.86. The maximum Gasteiger partial charge on any atom is 0.222 e. The topological polar surface area (TPSA) is 59.6 Å². The van der Waals surface area contributed by atoms with Crippen LogP contribution in [0.5, 0.6) is 0 Å². The van der Waals surface area contributed by atoms with Crippen LogP contribution in [-0.2, 0) is 14.3 Å². The fourth-order valence-electron chi connectivity index (χ4n) is 1.57. The molecule has 0 heterocycles. The van der Waals surface area contributed by atoms with Gasteiger partial charge in [-0.1, -0.05) is 38.1 Å². The van der Waals surface area contributed by atoms with E-state index in [1.165, 1.54) is 19.3 Å². The van der Waals surface area contributed by atoms with E-state index in [4.69, 9.17) is 9.47 Å². The predicted molar refractivity (Wildman–Crippen MR) is 84.9 cm³/mol. The Hall–Kier alpha value is -0.300. The van der Waals surface area contributed by atoms with E-state index in [0.29, 0.717) is 32.8 Å². The van der Waals surface area contributed by atoms with E-state index in [0.717, 1.165) is 19.5 Å². The maximum atomic E-state index is 11.4. The summed E-state index contributed by atoms with van der Waals surface area (Å²) < 4.78 is 13.8. The van der Waals surface area contributed by atoms with Gasteiger partial charge in [-0.25, -0.2) is 0 Å². The summed E-state index contributed by atoms with van der Waals surface area (Å²) in [7, 11) is 0. The minimum absolute atomic E-state index is 0.0755. The number of unbranched alkanes of at least 4 members (excludes halogenated alkanes) is 3. The minimum atomic E-state index is 0.0755. The Morgan fingerprint density at radius 2 is 1.75 bits per heavy atom. The lowest BCUT2D eigenvalue weighted by Gasteiger charge is -2.07. The zero-order valence-electron chi connectivity index (χ0n) is 12.9. The monoisotopic (exact) mass is 306 g/mol. The summed E-state index contributed by atoms with van der Waals surface area (Å²) >= 11 is 1.58. The molecule has 0 aromatic carbocycles. The van der Waals surface area contributed by atoms with Crippen LogP contribution in [0.15, 0.2) is 0 Å². The Labute approximate surface area is 127 Å². The third-order valence-electron chi connectivity index (χ3n) is 2.69. The van der Waals surface area contributed by atoms with Crippen molar-refractivity contribution in [3.05, 3.63) is 0 Å². The van der Waals surface area contributed by atoms with Crippen LogP contribution in [0.4, 0.5) is 0 Å². The predicted octanol–water partition coefficient (Wildman–Crippen LogP) is 1.97. The Kier molecular flexibility index (Phi) is 16.5. The van der Waals surface area contributed by atoms with E-state index < -0.39 is 0 Å². The van der Waals surface area contributed by atoms with Crippen LogP contribution in [0.3, 0.4) is 0 Å². The smallest absolute Gasteiger partial charge is 0.222 e. The van der Waals surface area contributed by atoms with Crippen LogP contribution in [0.1, 0.15) is 39.0 Å². The lowest BCUT2D eigenvalue weighted by atomic mass is 10.2. The average Bonchev–Trinajstić information content (AvgIpc) is 2.45. The largest absolute Gasteiger partial charge is 0.379 e. The van der Waals surface area contributed by atoms with Gasteiger partial charge in [-0.15, -0.1) is 0 Å². The summed E-state index contributed by atoms with van der Waals surface area (Å²) in [6, 6.07) is 0. The second-order valence-corrected chi connectivity index (χ2v) is 5.18. The van der Waals surface area contributed by atoms with Crippen molar-refractivity contribution in [3.8, 4) is 0 Å². The molecule has 0 aliphatic heterocycles. The lowest BCUT2D eigenvalue weighted by Crippen LogP contribution is -2.25. The molecule has 0 aromatic heterocycles. The lowest BCUT2D eigenvalue weighted by molar-refractivity contribution is -0.122. The zero-order valence-corrected chi connectivity index (χ0v) is 13.7. The van der Waals surface area contributed by atoms with Gasteiger partial charge in [-0.2, -0.15) is 0 Å². The van der Waals surface area contributed by atoms with Gasteiger partial charge in [-0.3, -0.25) is 9.52 Å². The molecule has 2 N–H and O–H groups in total. The summed E-state index contributed by atoms with van der Waals surface area (Å²) in [5, 5.41) is 2.91. The van der Waals surface area contributed by atoms with Gasteiger partial charge < -0.3 is 14.8 Å². The third kappa shape index (κ3) is 15.8. The number of carbonyl (C=O) groups excluding carboxylic acids is 1. The van der Waals surface area contributed by atoms with Gasteiger partial charge in [0.15, 0.2) is 0 Å². The molecule has 5 nitrogen and oxygen atoms in total. The van der Waals surface area contributed by atoms with Crippen molar-refractivity contribution in [2.75, 3.05) is 45.8 Å². The molecule has 0 atom stereocenters. The van der Waals surface area contributed by atoms with Crippen LogP contribution < -0.4 is 10.0 Å². The van der Waals surface area contributed by atoms with Crippen molar-refractivity contribution >= 4 is 17.9 Å². The Balaban J connectivity index is 3.11. The maximum absolute atomic E-state index is 11.4. The molecule has 0 aliphatic carbocycles. The highest BCUT2D eigenvalue weighted by Crippen LogP contribution is 1.97. The molecule has 0 unspecified atom stereocenters. The van der Waals surface area contributed by atoms with E-state index in [2.05, 4.69) is 17.0 Å². The Morgan fingerprint density at radius 3 is 2.45 bits per heavy atom. The van der Waals surface area contributed by atoms with E-state index in [1.807, 2.05) is 6.26 Å². The molecule has 0 rings (SSSR count). The van der Waals surface area contributed by atoms with Crippen molar-refractivity contribution in [3.63, 3.8) is 0 Å². The number of ether oxygens (including phenoxy) is 2. The van der Waals surface area contributed by atoms with Crippen LogP contribution in [0.25, 0.3) is 0 Å². The quantitative estimate of drug-likeness (QED) is 0.358. The number of hydrogen-bond donors (Lipinski definition) is 2. The van der Waals surface area contributed by atoms with Crippen molar-refractivity contribution < 1.29 is 14.3 Å². The molecular weight excluding hydrogens is 276 g/mol. The normalized spacial score (nSPS) is 10.7. The molecule has 0 aliphatic rings. The van der Waals surface area contributed by atoms with Crippen LogP contribution in [-0.4, -0.2) is 51.7 Å². The van der Waals surface area contributed by atoms with E-state index in [-0.39, 0.29) is 5.91 Å². The molecule has 1 amide bonds. The highest BCUT2D eigenvalue weighted by atomic mass is 32.2. The molecule has 0 spiro atoms. The van der Waals surface area contributed by atoms with Crippen molar-refractivity contribution in [2.24, 2.45) is 0 Å². The summed E-state index contributed by atoms with van der Waals surface area (Å²) in [6.07, 6.45) is 7.14. The summed E-state index contributed by atoms with van der Waals surface area (Å²) in [5.74, 6) is 0.0755. The fraction of sp³-hybridized carbons (Fsp3) is 0.929. The van der Waals surface area contributed by atoms with Crippen LogP contribution >= 0.6 is 11.9 Å². The van der Waals surface area contributed by atoms with Gasteiger partial charge in [0.2, 0.25) is 5.91 Å². The number of rotatable bonds is 15. The van der Waals surface area contributed by atoms with E-state index in [9.17, 15) is 4.79 Å². The SMILES string of the molecule is CCCCCCNC(=O)CCOCCOCCNSC. The first-order valence-electron chi connectivity index (χ1n) is 7.49. The molecular formula is C14H30N2O3S. The van der Waals surface area contributed by atoms with Gasteiger partial charge in [-0.05, 0) is 12.7 Å². The molecule has 6 heteroatoms. The van der Waals surface area contributed by atoms with Crippen molar-refractivity contribution in [2.45, 2.75) is 39.0 Å². The molecule has 120 valence electrons. The van der Waals surface area contributed by atoms with E-state index in [1.54, 1.807) is 11.9 Å². The zero-order chi connectivity index (χ0) is 14.9. The summed E-state index contributed by atoms with van der Waals surface area (Å²) in [6.45, 7) is 6.07. The van der Waals surface area contributed by atoms with Crippen LogP contribution in [0, 0.1) is 0 Å². The molecule has 0 fully saturated rings. The highest BCUT2D eigenvalue weighted by molar-refractivity contribution is 7.96.